The maximum absolute atomic E-state index is 12.6. The van der Waals surface area contributed by atoms with Gasteiger partial charge in [0.05, 0.1) is 33.0 Å². The van der Waals surface area contributed by atoms with Gasteiger partial charge in [0.1, 0.15) is 5.52 Å². The molecule has 1 heterocycles. The third-order valence-corrected chi connectivity index (χ3v) is 3.47. The molecular formula is C15H22ClN3O4. The summed E-state index contributed by atoms with van der Waals surface area (Å²) in [7, 11) is 4.53. The number of fused-ring (bicyclic) bond motifs is 1. The third kappa shape index (κ3) is 3.68. The molecule has 0 aliphatic heterocycles. The van der Waals surface area contributed by atoms with Gasteiger partial charge in [0.15, 0.2) is 11.5 Å². The van der Waals surface area contributed by atoms with Gasteiger partial charge in [0.25, 0.3) is 5.56 Å². The quantitative estimate of drug-likeness (QED) is 0.768. The Kier molecular flexibility index (Phi) is 7.12. The van der Waals surface area contributed by atoms with Gasteiger partial charge in [-0.3, -0.25) is 9.36 Å². The van der Waals surface area contributed by atoms with Gasteiger partial charge in [-0.05, 0) is 25.5 Å². The molecule has 0 aliphatic carbocycles. The summed E-state index contributed by atoms with van der Waals surface area (Å²) in [6.45, 7) is 1.18. The summed E-state index contributed by atoms with van der Waals surface area (Å²) < 4.78 is 17.5. The van der Waals surface area contributed by atoms with Gasteiger partial charge >= 0.3 is 0 Å². The van der Waals surface area contributed by atoms with Crippen molar-refractivity contribution in [3.8, 4) is 17.2 Å². The second-order valence-electron chi connectivity index (χ2n) is 4.78. The monoisotopic (exact) mass is 343 g/mol. The molecule has 0 amide bonds. The van der Waals surface area contributed by atoms with Gasteiger partial charge < -0.3 is 19.9 Å². The van der Waals surface area contributed by atoms with Crippen molar-refractivity contribution in [3.05, 3.63) is 22.7 Å². The zero-order valence-corrected chi connectivity index (χ0v) is 14.3. The summed E-state index contributed by atoms with van der Waals surface area (Å²) in [6, 6.07) is 1.63. The van der Waals surface area contributed by atoms with E-state index >= 15 is 0 Å². The van der Waals surface area contributed by atoms with Crippen LogP contribution in [0.4, 0.5) is 0 Å². The number of ether oxygens (including phenoxy) is 3. The van der Waals surface area contributed by atoms with Crippen LogP contribution in [-0.4, -0.2) is 37.4 Å². The van der Waals surface area contributed by atoms with Crippen molar-refractivity contribution in [3.63, 3.8) is 0 Å². The number of methoxy groups -OCH3 is 3. The molecule has 8 heteroatoms. The fourth-order valence-corrected chi connectivity index (χ4v) is 2.35. The van der Waals surface area contributed by atoms with Crippen LogP contribution in [0.25, 0.3) is 10.9 Å². The average molecular weight is 344 g/mol. The van der Waals surface area contributed by atoms with Crippen LogP contribution in [0, 0.1) is 0 Å². The summed E-state index contributed by atoms with van der Waals surface area (Å²) in [4.78, 5) is 16.9. The molecule has 2 aromatic rings. The summed E-state index contributed by atoms with van der Waals surface area (Å²) in [5.74, 6) is 1.25. The van der Waals surface area contributed by atoms with Crippen LogP contribution in [0.5, 0.6) is 17.2 Å². The van der Waals surface area contributed by atoms with Crippen LogP contribution in [0.15, 0.2) is 17.2 Å². The maximum Gasteiger partial charge on any atom is 0.261 e. The molecule has 1 aromatic heterocycles. The number of benzene rings is 1. The summed E-state index contributed by atoms with van der Waals surface area (Å²) in [5, 5.41) is 0.435. The minimum atomic E-state index is -0.138. The Morgan fingerprint density at radius 2 is 1.83 bits per heavy atom. The standard InChI is InChI=1S/C15H21N3O4.ClH/c1-20-11-8-10-12(14(22-3)13(11)21-2)17-9-18(15(10)19)7-5-4-6-16;/h8-9H,4-7,16H2,1-3H3;1H. The number of aryl methyl sites for hydroxylation is 1. The van der Waals surface area contributed by atoms with Gasteiger partial charge in [0, 0.05) is 6.54 Å². The number of halogens is 1. The topological polar surface area (TPSA) is 88.6 Å². The number of nitrogens with two attached hydrogens (primary N) is 1. The van der Waals surface area contributed by atoms with E-state index in [2.05, 4.69) is 4.98 Å². The van der Waals surface area contributed by atoms with Gasteiger partial charge in [-0.25, -0.2) is 4.98 Å². The lowest BCUT2D eigenvalue weighted by molar-refractivity contribution is 0.326. The smallest absolute Gasteiger partial charge is 0.261 e. The van der Waals surface area contributed by atoms with Crippen LogP contribution < -0.4 is 25.5 Å². The number of hydrogen-bond acceptors (Lipinski definition) is 6. The molecule has 0 unspecified atom stereocenters. The highest BCUT2D eigenvalue weighted by molar-refractivity contribution is 5.89. The minimum Gasteiger partial charge on any atom is -0.493 e. The van der Waals surface area contributed by atoms with E-state index in [-0.39, 0.29) is 18.0 Å². The molecule has 2 N–H and O–H groups in total. The average Bonchev–Trinajstić information content (AvgIpc) is 2.55. The Morgan fingerprint density at radius 3 is 2.39 bits per heavy atom. The van der Waals surface area contributed by atoms with Crippen molar-refractivity contribution >= 4 is 23.3 Å². The second kappa shape index (κ2) is 8.59. The second-order valence-corrected chi connectivity index (χ2v) is 4.78. The number of nitrogens with zero attached hydrogens (tertiary/aromatic N) is 2. The Hall–Kier alpha value is -1.99. The lowest BCUT2D eigenvalue weighted by atomic mass is 10.2. The van der Waals surface area contributed by atoms with Gasteiger partial charge in [-0.1, -0.05) is 0 Å². The Labute approximate surface area is 140 Å². The van der Waals surface area contributed by atoms with Crippen LogP contribution in [0.1, 0.15) is 12.8 Å². The molecule has 0 saturated heterocycles. The molecule has 0 radical (unpaired) electrons. The van der Waals surface area contributed by atoms with Crippen molar-refractivity contribution in [2.45, 2.75) is 19.4 Å². The Bertz CT molecular complexity index is 718. The van der Waals surface area contributed by atoms with Crippen LogP contribution in [-0.2, 0) is 6.54 Å². The summed E-state index contributed by atoms with van der Waals surface area (Å²) in [6.07, 6.45) is 3.21. The number of unbranched alkanes of at least 4 members (excludes halogenated alkanes) is 1. The predicted octanol–water partition coefficient (Wildman–Crippen LogP) is 1.58. The third-order valence-electron chi connectivity index (χ3n) is 3.47. The molecule has 0 atom stereocenters. The predicted molar refractivity (Wildman–Crippen MR) is 91.2 cm³/mol. The van der Waals surface area contributed by atoms with E-state index in [4.69, 9.17) is 19.9 Å². The van der Waals surface area contributed by atoms with Crippen molar-refractivity contribution in [2.24, 2.45) is 5.73 Å². The fraction of sp³-hybridized carbons (Fsp3) is 0.467. The zero-order chi connectivity index (χ0) is 16.1. The molecule has 2 rings (SSSR count). The van der Waals surface area contributed by atoms with E-state index in [0.29, 0.717) is 41.2 Å². The summed E-state index contributed by atoms with van der Waals surface area (Å²) in [5.41, 5.74) is 5.80. The minimum absolute atomic E-state index is 0. The number of aromatic nitrogens is 2. The molecule has 0 fully saturated rings. The highest BCUT2D eigenvalue weighted by Crippen LogP contribution is 2.41. The molecule has 1 aromatic carbocycles. The van der Waals surface area contributed by atoms with Crippen molar-refractivity contribution < 1.29 is 14.2 Å². The van der Waals surface area contributed by atoms with Gasteiger partial charge in [-0.2, -0.15) is 0 Å². The fourth-order valence-electron chi connectivity index (χ4n) is 2.35. The molecule has 128 valence electrons. The number of rotatable bonds is 7. The zero-order valence-electron chi connectivity index (χ0n) is 13.5. The van der Waals surface area contributed by atoms with Crippen LogP contribution >= 0.6 is 12.4 Å². The molecule has 0 aliphatic rings. The van der Waals surface area contributed by atoms with Gasteiger partial charge in [0.2, 0.25) is 5.75 Å². The first-order valence-electron chi connectivity index (χ1n) is 7.06. The highest BCUT2D eigenvalue weighted by atomic mass is 35.5. The van der Waals surface area contributed by atoms with Crippen LogP contribution in [0.2, 0.25) is 0 Å². The maximum atomic E-state index is 12.6. The van der Waals surface area contributed by atoms with Crippen LogP contribution in [0.3, 0.4) is 0 Å². The first-order chi connectivity index (χ1) is 10.7. The lowest BCUT2D eigenvalue weighted by Crippen LogP contribution is -2.21. The molecule has 0 bridgehead atoms. The van der Waals surface area contributed by atoms with Crippen molar-refractivity contribution in [1.29, 1.82) is 0 Å². The largest absolute Gasteiger partial charge is 0.493 e. The van der Waals surface area contributed by atoms with E-state index in [9.17, 15) is 4.79 Å². The summed E-state index contributed by atoms with van der Waals surface area (Å²) >= 11 is 0. The molecule has 7 nitrogen and oxygen atoms in total. The molecular weight excluding hydrogens is 322 g/mol. The lowest BCUT2D eigenvalue weighted by Gasteiger charge is -2.14. The normalized spacial score (nSPS) is 10.3. The van der Waals surface area contributed by atoms with E-state index < -0.39 is 0 Å². The highest BCUT2D eigenvalue weighted by Gasteiger charge is 2.19. The molecule has 0 spiro atoms. The van der Waals surface area contributed by atoms with Crippen molar-refractivity contribution in [1.82, 2.24) is 9.55 Å². The molecule has 0 saturated carbocycles. The number of hydrogen-bond donors (Lipinski definition) is 1. The van der Waals surface area contributed by atoms with Crippen molar-refractivity contribution in [2.75, 3.05) is 27.9 Å². The first kappa shape index (κ1) is 19.1. The van der Waals surface area contributed by atoms with E-state index in [1.807, 2.05) is 0 Å². The first-order valence-corrected chi connectivity index (χ1v) is 7.06. The SMILES string of the molecule is COc1cc2c(=O)n(CCCCN)cnc2c(OC)c1OC.Cl. The Balaban J connectivity index is 0.00000264. The van der Waals surface area contributed by atoms with Gasteiger partial charge in [-0.15, -0.1) is 12.4 Å². The van der Waals surface area contributed by atoms with E-state index in [1.54, 1.807) is 10.6 Å². The van der Waals surface area contributed by atoms with E-state index in [1.165, 1.54) is 27.7 Å². The van der Waals surface area contributed by atoms with E-state index in [0.717, 1.165) is 12.8 Å². The Morgan fingerprint density at radius 1 is 1.13 bits per heavy atom. The molecule has 23 heavy (non-hydrogen) atoms.